The van der Waals surface area contributed by atoms with E-state index in [1.807, 2.05) is 33.0 Å². The van der Waals surface area contributed by atoms with Gasteiger partial charge in [-0.1, -0.05) is 12.1 Å². The fourth-order valence-corrected chi connectivity index (χ4v) is 2.28. The Labute approximate surface area is 102 Å². The average molecular weight is 233 g/mol. The summed E-state index contributed by atoms with van der Waals surface area (Å²) in [6, 6.07) is 6.00. The molecule has 1 aromatic heterocycles. The predicted molar refractivity (Wildman–Crippen MR) is 69.5 cm³/mol. The smallest absolute Gasteiger partial charge is 0.143 e. The van der Waals surface area contributed by atoms with Crippen molar-refractivity contribution in [1.29, 1.82) is 0 Å². The molecule has 0 unspecified atom stereocenters. The molecule has 0 aliphatic carbocycles. The number of hydrogen-bond donors (Lipinski definition) is 1. The molecule has 0 saturated heterocycles. The monoisotopic (exact) mass is 233 g/mol. The van der Waals surface area contributed by atoms with Gasteiger partial charge in [0.05, 0.1) is 18.2 Å². The number of benzene rings is 1. The van der Waals surface area contributed by atoms with Crippen LogP contribution in [-0.2, 0) is 13.5 Å². The van der Waals surface area contributed by atoms with Crippen molar-refractivity contribution in [2.24, 2.45) is 7.05 Å². The summed E-state index contributed by atoms with van der Waals surface area (Å²) in [6.45, 7) is 3.65. The zero-order valence-electron chi connectivity index (χ0n) is 10.8. The van der Waals surface area contributed by atoms with E-state index in [2.05, 4.69) is 16.8 Å². The molecule has 0 radical (unpaired) electrons. The number of aromatic nitrogens is 1. The van der Waals surface area contributed by atoms with Crippen molar-refractivity contribution in [2.45, 2.75) is 25.9 Å². The molecule has 0 atom stereocenters. The van der Waals surface area contributed by atoms with Gasteiger partial charge in [-0.2, -0.15) is 0 Å². The molecule has 0 amide bonds. The van der Waals surface area contributed by atoms with Crippen LogP contribution in [0, 0.1) is 0 Å². The van der Waals surface area contributed by atoms with Gasteiger partial charge < -0.3 is 14.4 Å². The lowest BCUT2D eigenvalue weighted by Crippen LogP contribution is -2.21. The zero-order chi connectivity index (χ0) is 12.6. The average Bonchev–Trinajstić information content (AvgIpc) is 2.53. The molecule has 2 rings (SSSR count). The standard InChI is InChI=1S/C14H19NO2/c1-14(2,16)8-10-9-15(3)13-11(10)6-5-7-12(13)17-4/h5-7,9,16H,8H2,1-4H3. The molecule has 0 spiro atoms. The Morgan fingerprint density at radius 3 is 2.65 bits per heavy atom. The van der Waals surface area contributed by atoms with Gasteiger partial charge in [0.15, 0.2) is 0 Å². The number of rotatable bonds is 3. The molecule has 0 bridgehead atoms. The van der Waals surface area contributed by atoms with Gasteiger partial charge in [-0.25, -0.2) is 0 Å². The third kappa shape index (κ3) is 2.29. The second-order valence-electron chi connectivity index (χ2n) is 5.11. The zero-order valence-corrected chi connectivity index (χ0v) is 10.8. The number of hydrogen-bond acceptors (Lipinski definition) is 2. The summed E-state index contributed by atoms with van der Waals surface area (Å²) in [7, 11) is 3.68. The molecular formula is C14H19NO2. The molecule has 0 aliphatic heterocycles. The largest absolute Gasteiger partial charge is 0.495 e. The Morgan fingerprint density at radius 1 is 1.35 bits per heavy atom. The number of methoxy groups -OCH3 is 1. The minimum absolute atomic E-state index is 0.636. The van der Waals surface area contributed by atoms with E-state index in [1.54, 1.807) is 7.11 Å². The summed E-state index contributed by atoms with van der Waals surface area (Å²) >= 11 is 0. The summed E-state index contributed by atoms with van der Waals surface area (Å²) in [4.78, 5) is 0. The van der Waals surface area contributed by atoms with Crippen molar-refractivity contribution in [3.05, 3.63) is 30.0 Å². The number of fused-ring (bicyclic) bond motifs is 1. The summed E-state index contributed by atoms with van der Waals surface area (Å²) in [5.41, 5.74) is 1.53. The van der Waals surface area contributed by atoms with Crippen LogP contribution in [0.3, 0.4) is 0 Å². The van der Waals surface area contributed by atoms with Gasteiger partial charge in [0.1, 0.15) is 5.75 Å². The first kappa shape index (κ1) is 12.0. The lowest BCUT2D eigenvalue weighted by Gasteiger charge is -2.16. The fourth-order valence-electron chi connectivity index (χ4n) is 2.28. The Bertz CT molecular complexity index is 535. The first-order valence-corrected chi connectivity index (χ1v) is 5.75. The molecule has 0 aliphatic rings. The number of aliphatic hydroxyl groups is 1. The molecule has 2 aromatic rings. The summed E-state index contributed by atoms with van der Waals surface area (Å²) in [6.07, 6.45) is 2.70. The number of aryl methyl sites for hydroxylation is 1. The maximum absolute atomic E-state index is 9.93. The van der Waals surface area contributed by atoms with Gasteiger partial charge in [0.25, 0.3) is 0 Å². The van der Waals surface area contributed by atoms with Crippen molar-refractivity contribution < 1.29 is 9.84 Å². The highest BCUT2D eigenvalue weighted by molar-refractivity contribution is 5.89. The van der Waals surface area contributed by atoms with Gasteiger partial charge in [-0.15, -0.1) is 0 Å². The topological polar surface area (TPSA) is 34.4 Å². The molecule has 17 heavy (non-hydrogen) atoms. The van der Waals surface area contributed by atoms with E-state index in [1.165, 1.54) is 0 Å². The number of nitrogens with zero attached hydrogens (tertiary/aromatic N) is 1. The van der Waals surface area contributed by atoms with Crippen LogP contribution in [0.25, 0.3) is 10.9 Å². The van der Waals surface area contributed by atoms with Gasteiger partial charge in [0.2, 0.25) is 0 Å². The van der Waals surface area contributed by atoms with E-state index in [-0.39, 0.29) is 0 Å². The van der Waals surface area contributed by atoms with Crippen LogP contribution in [0.4, 0.5) is 0 Å². The van der Waals surface area contributed by atoms with E-state index < -0.39 is 5.60 Å². The minimum Gasteiger partial charge on any atom is -0.495 e. The second-order valence-corrected chi connectivity index (χ2v) is 5.11. The first-order chi connectivity index (χ1) is 7.92. The second kappa shape index (κ2) is 4.08. The molecule has 1 N–H and O–H groups in total. The third-order valence-corrected chi connectivity index (χ3v) is 2.89. The van der Waals surface area contributed by atoms with Crippen LogP contribution in [0.1, 0.15) is 19.4 Å². The van der Waals surface area contributed by atoms with Crippen molar-refractivity contribution >= 4 is 10.9 Å². The maximum atomic E-state index is 9.93. The van der Waals surface area contributed by atoms with Gasteiger partial charge in [0, 0.05) is 25.1 Å². The maximum Gasteiger partial charge on any atom is 0.143 e. The Kier molecular flexibility index (Phi) is 2.87. The Hall–Kier alpha value is -1.48. The van der Waals surface area contributed by atoms with Crippen LogP contribution in [0.5, 0.6) is 5.75 Å². The highest BCUT2D eigenvalue weighted by atomic mass is 16.5. The molecule has 3 heteroatoms. The molecule has 0 fully saturated rings. The number of para-hydroxylation sites is 1. The van der Waals surface area contributed by atoms with E-state index in [0.717, 1.165) is 22.2 Å². The summed E-state index contributed by atoms with van der Waals surface area (Å²) in [5, 5.41) is 11.1. The first-order valence-electron chi connectivity index (χ1n) is 5.75. The molecule has 1 heterocycles. The lowest BCUT2D eigenvalue weighted by molar-refractivity contribution is 0.0813. The third-order valence-electron chi connectivity index (χ3n) is 2.89. The summed E-state index contributed by atoms with van der Waals surface area (Å²) < 4.78 is 7.42. The lowest BCUT2D eigenvalue weighted by atomic mass is 9.98. The van der Waals surface area contributed by atoms with E-state index in [0.29, 0.717) is 6.42 Å². The van der Waals surface area contributed by atoms with Gasteiger partial charge >= 0.3 is 0 Å². The Morgan fingerprint density at radius 2 is 2.06 bits per heavy atom. The summed E-state index contributed by atoms with van der Waals surface area (Å²) in [5.74, 6) is 0.868. The van der Waals surface area contributed by atoms with E-state index >= 15 is 0 Å². The highest BCUT2D eigenvalue weighted by Crippen LogP contribution is 2.30. The minimum atomic E-state index is -0.697. The van der Waals surface area contributed by atoms with Gasteiger partial charge in [-0.3, -0.25) is 0 Å². The van der Waals surface area contributed by atoms with Crippen molar-refractivity contribution in [2.75, 3.05) is 7.11 Å². The number of ether oxygens (including phenoxy) is 1. The van der Waals surface area contributed by atoms with E-state index in [4.69, 9.17) is 4.74 Å². The van der Waals surface area contributed by atoms with Crippen LogP contribution in [0.15, 0.2) is 24.4 Å². The van der Waals surface area contributed by atoms with Crippen molar-refractivity contribution in [1.82, 2.24) is 4.57 Å². The highest BCUT2D eigenvalue weighted by Gasteiger charge is 2.18. The van der Waals surface area contributed by atoms with Crippen LogP contribution < -0.4 is 4.74 Å². The predicted octanol–water partition coefficient (Wildman–Crippen LogP) is 2.50. The van der Waals surface area contributed by atoms with E-state index in [9.17, 15) is 5.11 Å². The molecule has 3 nitrogen and oxygen atoms in total. The van der Waals surface area contributed by atoms with Gasteiger partial charge in [-0.05, 0) is 25.5 Å². The van der Waals surface area contributed by atoms with Crippen LogP contribution in [-0.4, -0.2) is 22.4 Å². The van der Waals surface area contributed by atoms with Crippen molar-refractivity contribution in [3.8, 4) is 5.75 Å². The van der Waals surface area contributed by atoms with Crippen LogP contribution >= 0.6 is 0 Å². The quantitative estimate of drug-likeness (QED) is 0.884. The molecule has 92 valence electrons. The SMILES string of the molecule is COc1cccc2c(CC(C)(C)O)cn(C)c12. The fraction of sp³-hybridized carbons (Fsp3) is 0.429. The van der Waals surface area contributed by atoms with Crippen molar-refractivity contribution in [3.63, 3.8) is 0 Å². The molecule has 0 saturated carbocycles. The normalized spacial score (nSPS) is 12.1. The van der Waals surface area contributed by atoms with Crippen LogP contribution in [0.2, 0.25) is 0 Å². The molecular weight excluding hydrogens is 214 g/mol. The molecule has 1 aromatic carbocycles. The Balaban J connectivity index is 2.60.